The molecule has 0 aliphatic heterocycles. The molecule has 1 unspecified atom stereocenters. The fraction of sp³-hybridized carbons (Fsp3) is 0.379. The number of anilines is 1. The summed E-state index contributed by atoms with van der Waals surface area (Å²) in [4.78, 5) is 21.5. The number of halogens is 1. The number of nitrogens with zero attached hydrogens (tertiary/aromatic N) is 4. The topological polar surface area (TPSA) is 120 Å². The fourth-order valence-corrected chi connectivity index (χ4v) is 5.22. The number of rotatable bonds is 9. The van der Waals surface area contributed by atoms with E-state index in [1.807, 2.05) is 66.3 Å². The monoisotopic (exact) mass is 549 g/mol. The summed E-state index contributed by atoms with van der Waals surface area (Å²) in [6.07, 6.45) is 6.87. The molecule has 1 amide bonds. The molecule has 1 aliphatic rings. The lowest BCUT2D eigenvalue weighted by Gasteiger charge is -2.30. The molecular weight excluding hydrogens is 514 g/mol. The number of amides is 1. The second-order valence-electron chi connectivity index (χ2n) is 9.83. The van der Waals surface area contributed by atoms with Crippen molar-refractivity contribution in [2.75, 3.05) is 12.8 Å². The average molecular weight is 550 g/mol. The number of para-hydroxylation sites is 1. The van der Waals surface area contributed by atoms with Crippen LogP contribution < -0.4 is 21.1 Å². The van der Waals surface area contributed by atoms with Crippen molar-refractivity contribution in [3.05, 3.63) is 60.9 Å². The molecular formula is C29H36ClN7O2. The standard InChI is InChI=1S/C29H35N7O2.ClH/c1-3-7-24(31-2)29(37)34-20-12-14-21(15-13-20)36-28-25(27(30)32-18-33-28)26(35-36)19-10-16-23(17-11-19)38-22-8-5-4-6-9-22;/h4-6,8-11,16-18,20-21,24,31H,3,7,12-15H2,1-2H3,(H,34,37)(H2,30,32,33);1H. The SMILES string of the molecule is CCCC(NC)C(=O)NC1CCC(n2nc(-c3ccc(Oc4ccccc4)cc3)c3c(N)ncnc32)CC1.Cl. The summed E-state index contributed by atoms with van der Waals surface area (Å²) in [7, 11) is 1.84. The highest BCUT2D eigenvalue weighted by Gasteiger charge is 2.28. The van der Waals surface area contributed by atoms with Crippen LogP contribution in [0.2, 0.25) is 0 Å². The summed E-state index contributed by atoms with van der Waals surface area (Å²) < 4.78 is 7.95. The van der Waals surface area contributed by atoms with Crippen molar-refractivity contribution in [3.8, 4) is 22.8 Å². The molecule has 0 spiro atoms. The summed E-state index contributed by atoms with van der Waals surface area (Å²) in [5, 5.41) is 12.1. The minimum atomic E-state index is -0.139. The van der Waals surface area contributed by atoms with Crippen LogP contribution in [-0.2, 0) is 4.79 Å². The number of carbonyl (C=O) groups is 1. The maximum absolute atomic E-state index is 12.7. The fourth-order valence-electron chi connectivity index (χ4n) is 5.22. The molecule has 4 aromatic rings. The van der Waals surface area contributed by atoms with Crippen molar-refractivity contribution in [1.29, 1.82) is 0 Å². The van der Waals surface area contributed by atoms with Gasteiger partial charge >= 0.3 is 0 Å². The molecule has 10 heteroatoms. The Morgan fingerprint density at radius 3 is 2.41 bits per heavy atom. The van der Waals surface area contributed by atoms with E-state index in [1.54, 1.807) is 0 Å². The third-order valence-electron chi connectivity index (χ3n) is 7.26. The van der Waals surface area contributed by atoms with Gasteiger partial charge in [0.05, 0.1) is 17.5 Å². The van der Waals surface area contributed by atoms with Crippen LogP contribution in [-0.4, -0.2) is 44.8 Å². The van der Waals surface area contributed by atoms with Crippen LogP contribution in [0.3, 0.4) is 0 Å². The van der Waals surface area contributed by atoms with E-state index in [0.29, 0.717) is 5.82 Å². The van der Waals surface area contributed by atoms with Gasteiger partial charge in [-0.1, -0.05) is 31.5 Å². The average Bonchev–Trinajstić information content (AvgIpc) is 3.34. The smallest absolute Gasteiger partial charge is 0.237 e. The second kappa shape index (κ2) is 12.9. The highest BCUT2D eigenvalue weighted by molar-refractivity contribution is 5.98. The van der Waals surface area contributed by atoms with E-state index in [9.17, 15) is 4.79 Å². The summed E-state index contributed by atoms with van der Waals surface area (Å²) in [5.41, 5.74) is 8.75. The molecule has 9 nitrogen and oxygen atoms in total. The van der Waals surface area contributed by atoms with Crippen molar-refractivity contribution in [2.24, 2.45) is 0 Å². The predicted molar refractivity (Wildman–Crippen MR) is 156 cm³/mol. The number of ether oxygens (including phenoxy) is 1. The Morgan fingerprint density at radius 1 is 1.05 bits per heavy atom. The largest absolute Gasteiger partial charge is 0.457 e. The van der Waals surface area contributed by atoms with Crippen LogP contribution in [0, 0.1) is 0 Å². The van der Waals surface area contributed by atoms with Gasteiger partial charge in [0.1, 0.15) is 29.3 Å². The lowest BCUT2D eigenvalue weighted by molar-refractivity contribution is -0.124. The summed E-state index contributed by atoms with van der Waals surface area (Å²) in [6, 6.07) is 17.7. The van der Waals surface area contributed by atoms with Crippen LogP contribution >= 0.6 is 12.4 Å². The van der Waals surface area contributed by atoms with E-state index in [2.05, 4.69) is 27.5 Å². The quantitative estimate of drug-likeness (QED) is 0.260. The van der Waals surface area contributed by atoms with Gasteiger partial charge in [-0.2, -0.15) is 5.10 Å². The molecule has 2 aromatic heterocycles. The molecule has 39 heavy (non-hydrogen) atoms. The molecule has 0 radical (unpaired) electrons. The first kappa shape index (κ1) is 28.3. The van der Waals surface area contributed by atoms with E-state index >= 15 is 0 Å². The molecule has 2 aromatic carbocycles. The lowest BCUT2D eigenvalue weighted by atomic mass is 9.91. The van der Waals surface area contributed by atoms with Crippen LogP contribution in [0.25, 0.3) is 22.3 Å². The van der Waals surface area contributed by atoms with Crippen molar-refractivity contribution in [3.63, 3.8) is 0 Å². The number of likely N-dealkylation sites (N-methyl/N-ethyl adjacent to an activating group) is 1. The Kier molecular flexibility index (Phi) is 9.37. The Hall–Kier alpha value is -3.69. The van der Waals surface area contributed by atoms with Crippen LogP contribution in [0.5, 0.6) is 11.5 Å². The summed E-state index contributed by atoms with van der Waals surface area (Å²) >= 11 is 0. The van der Waals surface area contributed by atoms with Gasteiger partial charge in [-0.15, -0.1) is 12.4 Å². The van der Waals surface area contributed by atoms with Gasteiger partial charge in [-0.25, -0.2) is 14.6 Å². The van der Waals surface area contributed by atoms with Gasteiger partial charge < -0.3 is 21.1 Å². The van der Waals surface area contributed by atoms with Gasteiger partial charge in [0.25, 0.3) is 0 Å². The number of hydrogen-bond donors (Lipinski definition) is 3. The van der Waals surface area contributed by atoms with Crippen molar-refractivity contribution >= 4 is 35.2 Å². The minimum Gasteiger partial charge on any atom is -0.457 e. The number of nitrogens with two attached hydrogens (primary N) is 1. The number of fused-ring (bicyclic) bond motifs is 1. The molecule has 1 saturated carbocycles. The second-order valence-corrected chi connectivity index (χ2v) is 9.83. The highest BCUT2D eigenvalue weighted by atomic mass is 35.5. The van der Waals surface area contributed by atoms with Gasteiger partial charge in [0, 0.05) is 11.6 Å². The van der Waals surface area contributed by atoms with Gasteiger partial charge in [0.2, 0.25) is 5.91 Å². The number of nitrogen functional groups attached to an aromatic ring is 1. The minimum absolute atomic E-state index is 0. The van der Waals surface area contributed by atoms with E-state index in [4.69, 9.17) is 15.6 Å². The maximum atomic E-state index is 12.7. The molecule has 206 valence electrons. The number of nitrogens with one attached hydrogen (secondary N) is 2. The van der Waals surface area contributed by atoms with E-state index in [-0.39, 0.29) is 36.4 Å². The van der Waals surface area contributed by atoms with E-state index < -0.39 is 0 Å². The third-order valence-corrected chi connectivity index (χ3v) is 7.26. The lowest BCUT2D eigenvalue weighted by Crippen LogP contribution is -2.47. The molecule has 2 heterocycles. The van der Waals surface area contributed by atoms with Crippen LogP contribution in [0.1, 0.15) is 51.5 Å². The number of benzene rings is 2. The van der Waals surface area contributed by atoms with Crippen LogP contribution in [0.4, 0.5) is 5.82 Å². The summed E-state index contributed by atoms with van der Waals surface area (Å²) in [5.74, 6) is 2.03. The van der Waals surface area contributed by atoms with E-state index in [0.717, 1.165) is 72.3 Å². The highest BCUT2D eigenvalue weighted by Crippen LogP contribution is 2.36. The molecule has 0 bridgehead atoms. The maximum Gasteiger partial charge on any atom is 0.237 e. The first-order valence-corrected chi connectivity index (χ1v) is 13.4. The Morgan fingerprint density at radius 2 is 1.74 bits per heavy atom. The molecule has 1 atom stereocenters. The Labute approximate surface area is 235 Å². The first-order chi connectivity index (χ1) is 18.6. The molecule has 1 fully saturated rings. The van der Waals surface area contributed by atoms with Gasteiger partial charge in [-0.05, 0) is 75.5 Å². The van der Waals surface area contributed by atoms with Crippen molar-refractivity contribution in [1.82, 2.24) is 30.4 Å². The zero-order valence-electron chi connectivity index (χ0n) is 22.3. The first-order valence-electron chi connectivity index (χ1n) is 13.4. The van der Waals surface area contributed by atoms with Crippen molar-refractivity contribution < 1.29 is 9.53 Å². The predicted octanol–water partition coefficient (Wildman–Crippen LogP) is 5.28. The zero-order chi connectivity index (χ0) is 26.5. The molecule has 0 saturated heterocycles. The number of aromatic nitrogens is 4. The van der Waals surface area contributed by atoms with Crippen LogP contribution in [0.15, 0.2) is 60.9 Å². The Bertz CT molecular complexity index is 1370. The zero-order valence-corrected chi connectivity index (χ0v) is 23.2. The number of hydrogen-bond acceptors (Lipinski definition) is 7. The van der Waals surface area contributed by atoms with Gasteiger partial charge in [-0.3, -0.25) is 4.79 Å². The molecule has 4 N–H and O–H groups in total. The molecule has 1 aliphatic carbocycles. The van der Waals surface area contributed by atoms with Crippen molar-refractivity contribution in [2.45, 2.75) is 63.6 Å². The number of carbonyl (C=O) groups excluding carboxylic acids is 1. The third kappa shape index (κ3) is 6.32. The van der Waals surface area contributed by atoms with Gasteiger partial charge in [0.15, 0.2) is 5.65 Å². The van der Waals surface area contributed by atoms with E-state index in [1.165, 1.54) is 6.33 Å². The summed E-state index contributed by atoms with van der Waals surface area (Å²) in [6.45, 7) is 2.09. The Balaban J connectivity index is 0.00000353. The normalized spacial score (nSPS) is 17.8. The molecule has 5 rings (SSSR count).